The van der Waals surface area contributed by atoms with Gasteiger partial charge in [0.05, 0.1) is 18.2 Å². The number of amides is 3. The summed E-state index contributed by atoms with van der Waals surface area (Å²) in [6, 6.07) is 4.03. The fraction of sp³-hybridized carbons (Fsp3) is 0.625. The van der Waals surface area contributed by atoms with Gasteiger partial charge in [0.1, 0.15) is 0 Å². The molecule has 0 bridgehead atoms. The van der Waals surface area contributed by atoms with Crippen molar-refractivity contribution in [3.05, 3.63) is 35.4 Å². The molecule has 1 aromatic rings. The van der Waals surface area contributed by atoms with Crippen molar-refractivity contribution >= 4 is 17.9 Å². The lowest BCUT2D eigenvalue weighted by molar-refractivity contribution is -0.137. The number of benzene rings is 1. The van der Waals surface area contributed by atoms with E-state index in [4.69, 9.17) is 4.74 Å². The van der Waals surface area contributed by atoms with Crippen LogP contribution in [0.1, 0.15) is 36.2 Å². The van der Waals surface area contributed by atoms with Crippen LogP contribution >= 0.6 is 0 Å². The van der Waals surface area contributed by atoms with Gasteiger partial charge in [-0.05, 0) is 38.5 Å². The number of rotatable bonds is 8. The lowest BCUT2D eigenvalue weighted by atomic mass is 10.1. The molecular formula is C24H34F3N5O4. The average Bonchev–Trinajstić information content (AvgIpc) is 3.27. The Bertz CT molecular complexity index is 919. The Hall–Kier alpha value is -2.86. The maximum Gasteiger partial charge on any atom is 0.416 e. The molecule has 1 aromatic carbocycles. The molecule has 2 aliphatic heterocycles. The zero-order valence-electron chi connectivity index (χ0n) is 20.6. The summed E-state index contributed by atoms with van der Waals surface area (Å²) in [5.74, 6) is -1.12. The molecule has 9 nitrogen and oxygen atoms in total. The number of piperazine rings is 1. The normalized spacial score (nSPS) is 19.4. The van der Waals surface area contributed by atoms with Gasteiger partial charge in [0.25, 0.3) is 5.91 Å². The molecule has 2 fully saturated rings. The quantitative estimate of drug-likeness (QED) is 0.551. The van der Waals surface area contributed by atoms with Crippen molar-refractivity contribution in [2.45, 2.75) is 38.6 Å². The summed E-state index contributed by atoms with van der Waals surface area (Å²) in [6.07, 6.45) is -4.17. The summed E-state index contributed by atoms with van der Waals surface area (Å²) in [5.41, 5.74) is -1.07. The molecule has 0 saturated carbocycles. The first-order valence-electron chi connectivity index (χ1n) is 12.2. The maximum atomic E-state index is 12.8. The minimum atomic E-state index is -4.54. The van der Waals surface area contributed by atoms with E-state index in [0.29, 0.717) is 19.6 Å². The molecule has 3 amide bonds. The van der Waals surface area contributed by atoms with E-state index < -0.39 is 17.6 Å². The molecule has 12 heteroatoms. The molecule has 0 unspecified atom stereocenters. The molecule has 36 heavy (non-hydrogen) atoms. The molecule has 2 aliphatic rings. The molecule has 3 rings (SSSR count). The number of halogens is 3. The van der Waals surface area contributed by atoms with Crippen molar-refractivity contribution in [2.24, 2.45) is 0 Å². The summed E-state index contributed by atoms with van der Waals surface area (Å²) in [7, 11) is 0. The number of hydrogen-bond donors (Lipinski definition) is 2. The monoisotopic (exact) mass is 513 g/mol. The summed E-state index contributed by atoms with van der Waals surface area (Å²) >= 11 is 0. The Kier molecular flexibility index (Phi) is 9.55. The smallest absolute Gasteiger partial charge is 0.416 e. The average molecular weight is 514 g/mol. The third kappa shape index (κ3) is 8.37. The van der Waals surface area contributed by atoms with E-state index in [1.807, 2.05) is 13.8 Å². The zero-order valence-corrected chi connectivity index (χ0v) is 20.6. The third-order valence-electron chi connectivity index (χ3n) is 6.20. The van der Waals surface area contributed by atoms with Gasteiger partial charge in [0.2, 0.25) is 5.91 Å². The van der Waals surface area contributed by atoms with Gasteiger partial charge in [-0.1, -0.05) is 6.07 Å². The number of nitrogens with one attached hydrogen (secondary N) is 2. The fourth-order valence-corrected chi connectivity index (χ4v) is 4.24. The lowest BCUT2D eigenvalue weighted by Gasteiger charge is -2.35. The van der Waals surface area contributed by atoms with E-state index in [9.17, 15) is 27.6 Å². The van der Waals surface area contributed by atoms with Crippen LogP contribution in [0.15, 0.2) is 24.3 Å². The molecule has 200 valence electrons. The van der Waals surface area contributed by atoms with Gasteiger partial charge < -0.3 is 20.3 Å². The van der Waals surface area contributed by atoms with Gasteiger partial charge in [-0.3, -0.25) is 19.4 Å². The summed E-state index contributed by atoms with van der Waals surface area (Å²) < 4.78 is 43.7. The van der Waals surface area contributed by atoms with Crippen molar-refractivity contribution in [3.8, 4) is 0 Å². The number of carbonyl (C=O) groups excluding carboxylic acids is 3. The Morgan fingerprint density at radius 2 is 1.75 bits per heavy atom. The van der Waals surface area contributed by atoms with E-state index >= 15 is 0 Å². The van der Waals surface area contributed by atoms with Crippen molar-refractivity contribution in [3.63, 3.8) is 0 Å². The van der Waals surface area contributed by atoms with E-state index in [0.717, 1.165) is 57.3 Å². The topological polar surface area (TPSA) is 94.2 Å². The van der Waals surface area contributed by atoms with Crippen molar-refractivity contribution in [2.75, 3.05) is 58.9 Å². The second-order valence-electron chi connectivity index (χ2n) is 9.38. The van der Waals surface area contributed by atoms with Gasteiger partial charge in [-0.15, -0.1) is 0 Å². The Balaban J connectivity index is 1.32. The first-order chi connectivity index (χ1) is 17.0. The number of ether oxygens (including phenoxy) is 1. The Morgan fingerprint density at radius 3 is 2.42 bits per heavy atom. The summed E-state index contributed by atoms with van der Waals surface area (Å²) in [5, 5.41) is 5.25. The van der Waals surface area contributed by atoms with Gasteiger partial charge in [0, 0.05) is 64.0 Å². The Morgan fingerprint density at radius 1 is 1.06 bits per heavy atom. The Labute approximate surface area is 208 Å². The maximum absolute atomic E-state index is 12.8. The number of carbonyl (C=O) groups is 3. The molecule has 0 aliphatic carbocycles. The number of hydrogen-bond acceptors (Lipinski definition) is 6. The SMILES string of the molecule is CC(C)OC(=O)N1CCN(CCN2CC[C@@H](NC(=O)CNC(=O)c3cccc(C(F)(F)F)c3)C2)CC1. The number of nitrogens with zero attached hydrogens (tertiary/aromatic N) is 3. The fourth-order valence-electron chi connectivity index (χ4n) is 4.24. The van der Waals surface area contributed by atoms with Crippen LogP contribution in [0.4, 0.5) is 18.0 Å². The standard InChI is InChI=1S/C24H34F3N5O4/c1-17(2)36-23(35)32-12-10-30(11-13-32)8-9-31-7-6-20(16-31)29-21(33)15-28-22(34)18-4-3-5-19(14-18)24(25,26)27/h3-5,14,17,20H,6-13,15-16H2,1-2H3,(H,28,34)(H,29,33)/t20-/m1/s1. The summed E-state index contributed by atoms with van der Waals surface area (Å²) in [4.78, 5) is 42.7. The number of likely N-dealkylation sites (tertiary alicyclic amines) is 1. The minimum Gasteiger partial charge on any atom is -0.447 e. The molecule has 0 spiro atoms. The van der Waals surface area contributed by atoms with Crippen LogP contribution in [0.5, 0.6) is 0 Å². The lowest BCUT2D eigenvalue weighted by Crippen LogP contribution is -2.50. The van der Waals surface area contributed by atoms with E-state index in [1.54, 1.807) is 4.90 Å². The molecule has 0 aromatic heterocycles. The molecule has 2 saturated heterocycles. The second kappa shape index (κ2) is 12.4. The van der Waals surface area contributed by atoms with Crippen LogP contribution in [0.3, 0.4) is 0 Å². The molecule has 0 radical (unpaired) electrons. The van der Waals surface area contributed by atoms with Crippen LogP contribution in [0.2, 0.25) is 0 Å². The highest BCUT2D eigenvalue weighted by Gasteiger charge is 2.31. The second-order valence-corrected chi connectivity index (χ2v) is 9.38. The van der Waals surface area contributed by atoms with Crippen LogP contribution in [-0.4, -0.2) is 104 Å². The van der Waals surface area contributed by atoms with Gasteiger partial charge >= 0.3 is 12.3 Å². The molecule has 1 atom stereocenters. The third-order valence-corrected chi connectivity index (χ3v) is 6.20. The highest BCUT2D eigenvalue weighted by Crippen LogP contribution is 2.29. The molecule has 2 N–H and O–H groups in total. The summed E-state index contributed by atoms with van der Waals surface area (Å²) in [6.45, 7) is 9.42. The largest absolute Gasteiger partial charge is 0.447 e. The van der Waals surface area contributed by atoms with Gasteiger partial charge in [0.15, 0.2) is 0 Å². The minimum absolute atomic E-state index is 0.0504. The van der Waals surface area contributed by atoms with E-state index in [-0.39, 0.29) is 36.3 Å². The highest BCUT2D eigenvalue weighted by atomic mass is 19.4. The van der Waals surface area contributed by atoms with Crippen molar-refractivity contribution < 1.29 is 32.3 Å². The first-order valence-corrected chi connectivity index (χ1v) is 12.2. The first kappa shape index (κ1) is 27.7. The van der Waals surface area contributed by atoms with Crippen LogP contribution in [0.25, 0.3) is 0 Å². The van der Waals surface area contributed by atoms with Crippen molar-refractivity contribution in [1.82, 2.24) is 25.3 Å². The van der Waals surface area contributed by atoms with Crippen LogP contribution < -0.4 is 10.6 Å². The molecule has 2 heterocycles. The van der Waals surface area contributed by atoms with Crippen molar-refractivity contribution in [1.29, 1.82) is 0 Å². The van der Waals surface area contributed by atoms with E-state index in [2.05, 4.69) is 20.4 Å². The van der Waals surface area contributed by atoms with Gasteiger partial charge in [-0.25, -0.2) is 4.79 Å². The predicted octanol–water partition coefficient (Wildman–Crippen LogP) is 1.79. The van der Waals surface area contributed by atoms with Gasteiger partial charge in [-0.2, -0.15) is 13.2 Å². The molecular weight excluding hydrogens is 479 g/mol. The van der Waals surface area contributed by atoms with E-state index in [1.165, 1.54) is 6.07 Å². The predicted molar refractivity (Wildman–Crippen MR) is 126 cm³/mol. The van der Waals surface area contributed by atoms with Crippen LogP contribution in [-0.2, 0) is 15.7 Å². The highest BCUT2D eigenvalue weighted by molar-refractivity contribution is 5.96. The number of alkyl halides is 3. The van der Waals surface area contributed by atoms with Crippen LogP contribution in [0, 0.1) is 0 Å². The zero-order chi connectivity index (χ0) is 26.3.